The minimum Gasteiger partial charge on any atom is -0.389 e. The summed E-state index contributed by atoms with van der Waals surface area (Å²) in [5.74, 6) is 0.875. The lowest BCUT2D eigenvalue weighted by atomic mass is 9.96. The molecule has 1 aromatic rings. The molecule has 2 N–H and O–H groups in total. The fourth-order valence-electron chi connectivity index (χ4n) is 2.95. The topological polar surface area (TPSA) is 42.2 Å². The van der Waals surface area contributed by atoms with Gasteiger partial charge in [0.2, 0.25) is 0 Å². The molecule has 104 valence electrons. The Labute approximate surface area is 121 Å². The maximum Gasteiger partial charge on any atom is 0.106 e. The van der Waals surface area contributed by atoms with Crippen molar-refractivity contribution in [2.75, 3.05) is 18.0 Å². The number of nitrogens with zero attached hydrogens (tertiary/aromatic N) is 2. The second kappa shape index (κ2) is 6.85. The first kappa shape index (κ1) is 14.3. The zero-order valence-electron chi connectivity index (χ0n) is 11.6. The number of aromatic nitrogens is 1. The summed E-state index contributed by atoms with van der Waals surface area (Å²) in [4.78, 5) is 7.10. The zero-order chi connectivity index (χ0) is 13.7. The highest BCUT2D eigenvalue weighted by molar-refractivity contribution is 7.80. The van der Waals surface area contributed by atoms with Gasteiger partial charge in [-0.2, -0.15) is 0 Å². The maximum atomic E-state index is 5.81. The average Bonchev–Trinajstić information content (AvgIpc) is 2.65. The van der Waals surface area contributed by atoms with E-state index in [9.17, 15) is 0 Å². The Morgan fingerprint density at radius 1 is 1.47 bits per heavy atom. The summed E-state index contributed by atoms with van der Waals surface area (Å²) < 4.78 is 0. The van der Waals surface area contributed by atoms with Gasteiger partial charge in [0.25, 0.3) is 0 Å². The second-order valence-electron chi connectivity index (χ2n) is 5.33. The summed E-state index contributed by atoms with van der Waals surface area (Å²) in [6.45, 7) is 4.45. The monoisotopic (exact) mass is 277 g/mol. The van der Waals surface area contributed by atoms with Crippen LogP contribution in [0.3, 0.4) is 0 Å². The van der Waals surface area contributed by atoms with Crippen molar-refractivity contribution in [3.8, 4) is 0 Å². The minimum absolute atomic E-state index is 0.465. The lowest BCUT2D eigenvalue weighted by molar-refractivity contribution is 0.435. The number of hydrogen-bond acceptors (Lipinski definition) is 3. The van der Waals surface area contributed by atoms with Crippen LogP contribution in [0.1, 0.15) is 44.6 Å². The molecule has 1 aliphatic rings. The molecular formula is C15H23N3S. The van der Waals surface area contributed by atoms with Gasteiger partial charge in [0.1, 0.15) is 4.99 Å². The number of anilines is 1. The summed E-state index contributed by atoms with van der Waals surface area (Å²) >= 11 is 5.14. The SMILES string of the molecule is CCCC1CCCN(c2cnccc2C(N)=S)CC1. The molecule has 1 unspecified atom stereocenters. The van der Waals surface area contributed by atoms with Crippen LogP contribution in [0.4, 0.5) is 5.69 Å². The van der Waals surface area contributed by atoms with Gasteiger partial charge in [-0.25, -0.2) is 0 Å². The van der Waals surface area contributed by atoms with Gasteiger partial charge in [0.05, 0.1) is 11.9 Å². The maximum absolute atomic E-state index is 5.81. The first-order valence-corrected chi connectivity index (χ1v) is 7.62. The lowest BCUT2D eigenvalue weighted by Gasteiger charge is -2.24. The fourth-order valence-corrected chi connectivity index (χ4v) is 3.12. The number of rotatable bonds is 4. The summed E-state index contributed by atoms with van der Waals surface area (Å²) in [7, 11) is 0. The van der Waals surface area contributed by atoms with Crippen LogP contribution in [0.25, 0.3) is 0 Å². The van der Waals surface area contributed by atoms with Gasteiger partial charge in [-0.3, -0.25) is 4.98 Å². The van der Waals surface area contributed by atoms with E-state index in [0.717, 1.165) is 30.3 Å². The van der Waals surface area contributed by atoms with E-state index in [1.807, 2.05) is 12.3 Å². The fraction of sp³-hybridized carbons (Fsp3) is 0.600. The van der Waals surface area contributed by atoms with Crippen LogP contribution in [-0.2, 0) is 0 Å². The molecule has 1 atom stereocenters. The summed E-state index contributed by atoms with van der Waals surface area (Å²) in [5, 5.41) is 0. The van der Waals surface area contributed by atoms with E-state index in [1.54, 1.807) is 6.20 Å². The Morgan fingerprint density at radius 2 is 2.32 bits per heavy atom. The van der Waals surface area contributed by atoms with Crippen LogP contribution >= 0.6 is 12.2 Å². The van der Waals surface area contributed by atoms with Crippen molar-refractivity contribution < 1.29 is 0 Å². The molecule has 4 heteroatoms. The molecular weight excluding hydrogens is 254 g/mol. The van der Waals surface area contributed by atoms with Crippen molar-refractivity contribution in [3.05, 3.63) is 24.0 Å². The van der Waals surface area contributed by atoms with Crippen molar-refractivity contribution in [1.29, 1.82) is 0 Å². The summed E-state index contributed by atoms with van der Waals surface area (Å²) in [6.07, 6.45) is 10.1. The largest absolute Gasteiger partial charge is 0.389 e. The Morgan fingerprint density at radius 3 is 3.05 bits per heavy atom. The van der Waals surface area contributed by atoms with Crippen molar-refractivity contribution in [3.63, 3.8) is 0 Å². The van der Waals surface area contributed by atoms with Gasteiger partial charge in [-0.05, 0) is 31.2 Å². The third-order valence-corrected chi connectivity index (χ3v) is 4.17. The highest BCUT2D eigenvalue weighted by atomic mass is 32.1. The van der Waals surface area contributed by atoms with E-state index in [1.165, 1.54) is 32.1 Å². The van der Waals surface area contributed by atoms with Gasteiger partial charge in [0.15, 0.2) is 0 Å². The Bertz CT molecular complexity index is 433. The molecule has 0 radical (unpaired) electrons. The standard InChI is InChI=1S/C15H23N3S/c1-2-4-12-5-3-9-18(10-7-12)14-11-17-8-6-13(14)15(16)19/h6,8,11-12H,2-5,7,9-10H2,1H3,(H2,16,19). The average molecular weight is 277 g/mol. The zero-order valence-corrected chi connectivity index (χ0v) is 12.5. The molecule has 0 bridgehead atoms. The molecule has 3 nitrogen and oxygen atoms in total. The molecule has 19 heavy (non-hydrogen) atoms. The predicted octanol–water partition coefficient (Wildman–Crippen LogP) is 3.12. The molecule has 0 saturated carbocycles. The number of nitrogens with two attached hydrogens (primary N) is 1. The van der Waals surface area contributed by atoms with Gasteiger partial charge in [-0.1, -0.05) is 32.0 Å². The molecule has 1 saturated heterocycles. The van der Waals surface area contributed by atoms with Crippen molar-refractivity contribution in [1.82, 2.24) is 4.98 Å². The highest BCUT2D eigenvalue weighted by Gasteiger charge is 2.19. The van der Waals surface area contributed by atoms with Crippen LogP contribution in [0, 0.1) is 5.92 Å². The molecule has 0 amide bonds. The summed E-state index contributed by atoms with van der Waals surface area (Å²) in [6, 6.07) is 1.92. The molecule has 1 aliphatic heterocycles. The van der Waals surface area contributed by atoms with E-state index in [4.69, 9.17) is 18.0 Å². The molecule has 1 aromatic heterocycles. The molecule has 2 rings (SSSR count). The molecule has 0 aliphatic carbocycles. The van der Waals surface area contributed by atoms with E-state index in [-0.39, 0.29) is 0 Å². The van der Waals surface area contributed by atoms with Crippen LogP contribution in [0.15, 0.2) is 18.5 Å². The first-order chi connectivity index (χ1) is 9.22. The van der Waals surface area contributed by atoms with E-state index >= 15 is 0 Å². The normalized spacial score (nSPS) is 20.1. The predicted molar refractivity (Wildman–Crippen MR) is 84.6 cm³/mol. The molecule has 1 fully saturated rings. The Balaban J connectivity index is 2.12. The van der Waals surface area contributed by atoms with Gasteiger partial charge in [-0.15, -0.1) is 0 Å². The molecule has 0 spiro atoms. The Kier molecular flexibility index (Phi) is 5.14. The van der Waals surface area contributed by atoms with Crippen LogP contribution in [0.2, 0.25) is 0 Å². The third-order valence-electron chi connectivity index (χ3n) is 3.95. The van der Waals surface area contributed by atoms with Gasteiger partial charge >= 0.3 is 0 Å². The molecule has 2 heterocycles. The van der Waals surface area contributed by atoms with E-state index in [2.05, 4.69) is 16.8 Å². The minimum atomic E-state index is 0.465. The first-order valence-electron chi connectivity index (χ1n) is 7.21. The van der Waals surface area contributed by atoms with Gasteiger partial charge in [0, 0.05) is 24.8 Å². The van der Waals surface area contributed by atoms with Crippen LogP contribution in [-0.4, -0.2) is 23.1 Å². The lowest BCUT2D eigenvalue weighted by Crippen LogP contribution is -2.27. The number of pyridine rings is 1. The second-order valence-corrected chi connectivity index (χ2v) is 5.77. The van der Waals surface area contributed by atoms with Crippen molar-refractivity contribution >= 4 is 22.9 Å². The van der Waals surface area contributed by atoms with Crippen molar-refractivity contribution in [2.45, 2.75) is 39.0 Å². The van der Waals surface area contributed by atoms with Crippen molar-refractivity contribution in [2.24, 2.45) is 11.7 Å². The quantitative estimate of drug-likeness (QED) is 0.859. The smallest absolute Gasteiger partial charge is 0.106 e. The molecule has 0 aromatic carbocycles. The highest BCUT2D eigenvalue weighted by Crippen LogP contribution is 2.27. The van der Waals surface area contributed by atoms with Crippen LogP contribution < -0.4 is 10.6 Å². The summed E-state index contributed by atoms with van der Waals surface area (Å²) in [5.41, 5.74) is 7.87. The Hall–Kier alpha value is -1.16. The number of hydrogen-bond donors (Lipinski definition) is 1. The van der Waals surface area contributed by atoms with E-state index < -0.39 is 0 Å². The third kappa shape index (κ3) is 3.66. The van der Waals surface area contributed by atoms with Crippen LogP contribution in [0.5, 0.6) is 0 Å². The van der Waals surface area contributed by atoms with Gasteiger partial charge < -0.3 is 10.6 Å². The number of thiocarbonyl (C=S) groups is 1. The van der Waals surface area contributed by atoms with E-state index in [0.29, 0.717) is 4.99 Å².